The second-order valence-electron chi connectivity index (χ2n) is 8.12. The van der Waals surface area contributed by atoms with E-state index in [9.17, 15) is 22.0 Å². The Morgan fingerprint density at radius 3 is 2.61 bits per heavy atom. The number of benzene rings is 1. The van der Waals surface area contributed by atoms with Crippen LogP contribution in [0.25, 0.3) is 11.3 Å². The summed E-state index contributed by atoms with van der Waals surface area (Å²) in [6.45, 7) is 2.22. The maximum atomic E-state index is 14.2. The molecule has 2 aromatic heterocycles. The van der Waals surface area contributed by atoms with Crippen molar-refractivity contribution in [1.29, 1.82) is 0 Å². The maximum absolute atomic E-state index is 14.2. The number of nitrogens with zero attached hydrogens (tertiary/aromatic N) is 3. The molecular weight excluding hydrogens is 454 g/mol. The zero-order valence-electron chi connectivity index (χ0n) is 18.0. The molecule has 8 nitrogen and oxygen atoms in total. The lowest BCUT2D eigenvalue weighted by Gasteiger charge is -2.26. The average molecular weight is 477 g/mol. The lowest BCUT2D eigenvalue weighted by molar-refractivity contribution is 0.273. The van der Waals surface area contributed by atoms with Gasteiger partial charge in [-0.15, -0.1) is 0 Å². The summed E-state index contributed by atoms with van der Waals surface area (Å²) >= 11 is 0. The predicted octanol–water partition coefficient (Wildman–Crippen LogP) is 3.86. The first kappa shape index (κ1) is 22.8. The van der Waals surface area contributed by atoms with E-state index in [0.717, 1.165) is 37.7 Å². The van der Waals surface area contributed by atoms with Crippen molar-refractivity contribution in [1.82, 2.24) is 14.5 Å². The number of halogens is 2. The van der Waals surface area contributed by atoms with Crippen molar-refractivity contribution in [3.8, 4) is 22.8 Å². The molecule has 0 amide bonds. The standard InChI is InChI=1S/C22H22F2N4O4S/c1-13-8-15(12-28(21(13)29)11-14-4-3-5-14)20-19(10-25-22(26-20)27-33(2,30)31)32-18-7-6-16(23)9-17(18)24/h6-10,12,14H,3-5,11H2,1-2H3,(H,25,26,27). The summed E-state index contributed by atoms with van der Waals surface area (Å²) in [5.41, 5.74) is 0.927. The van der Waals surface area contributed by atoms with Crippen LogP contribution in [0.2, 0.25) is 0 Å². The monoisotopic (exact) mass is 476 g/mol. The molecule has 11 heteroatoms. The van der Waals surface area contributed by atoms with Gasteiger partial charge in [-0.25, -0.2) is 27.2 Å². The van der Waals surface area contributed by atoms with Gasteiger partial charge in [0.05, 0.1) is 12.5 Å². The molecule has 2 heterocycles. The fourth-order valence-electron chi connectivity index (χ4n) is 3.55. The van der Waals surface area contributed by atoms with Gasteiger partial charge in [0.25, 0.3) is 5.56 Å². The number of sulfonamides is 1. The predicted molar refractivity (Wildman–Crippen MR) is 119 cm³/mol. The van der Waals surface area contributed by atoms with E-state index in [2.05, 4.69) is 14.7 Å². The largest absolute Gasteiger partial charge is 0.450 e. The number of hydrogen-bond donors (Lipinski definition) is 1. The smallest absolute Gasteiger partial charge is 0.253 e. The van der Waals surface area contributed by atoms with E-state index in [1.165, 1.54) is 6.20 Å². The number of aryl methyl sites for hydroxylation is 1. The zero-order chi connectivity index (χ0) is 23.8. The van der Waals surface area contributed by atoms with Gasteiger partial charge in [-0.2, -0.15) is 0 Å². The van der Waals surface area contributed by atoms with Crippen molar-refractivity contribution in [3.05, 3.63) is 64.2 Å². The van der Waals surface area contributed by atoms with Crippen molar-refractivity contribution in [2.24, 2.45) is 5.92 Å². The molecule has 0 spiro atoms. The molecule has 33 heavy (non-hydrogen) atoms. The van der Waals surface area contributed by atoms with Gasteiger partial charge in [0, 0.05) is 29.9 Å². The third kappa shape index (κ3) is 5.36. The van der Waals surface area contributed by atoms with Crippen molar-refractivity contribution in [3.63, 3.8) is 0 Å². The summed E-state index contributed by atoms with van der Waals surface area (Å²) in [6.07, 6.45) is 6.99. The zero-order valence-corrected chi connectivity index (χ0v) is 18.8. The van der Waals surface area contributed by atoms with E-state index in [0.29, 0.717) is 29.7 Å². The summed E-state index contributed by atoms with van der Waals surface area (Å²) < 4.78 is 60.2. The van der Waals surface area contributed by atoms with Gasteiger partial charge >= 0.3 is 0 Å². The number of hydrogen-bond acceptors (Lipinski definition) is 6. The van der Waals surface area contributed by atoms with E-state index in [1.54, 1.807) is 23.8 Å². The fraction of sp³-hybridized carbons (Fsp3) is 0.318. The number of ether oxygens (including phenoxy) is 1. The molecule has 1 N–H and O–H groups in total. The van der Waals surface area contributed by atoms with Gasteiger partial charge in [0.1, 0.15) is 11.5 Å². The van der Waals surface area contributed by atoms with Crippen LogP contribution in [0, 0.1) is 24.5 Å². The summed E-state index contributed by atoms with van der Waals surface area (Å²) in [6, 6.07) is 4.44. The van der Waals surface area contributed by atoms with Crippen LogP contribution >= 0.6 is 0 Å². The minimum atomic E-state index is -3.67. The number of rotatable bonds is 7. The average Bonchev–Trinajstić information content (AvgIpc) is 2.69. The molecule has 1 fully saturated rings. The Bertz CT molecular complexity index is 1370. The molecule has 4 rings (SSSR count). The summed E-state index contributed by atoms with van der Waals surface area (Å²) in [4.78, 5) is 20.9. The van der Waals surface area contributed by atoms with Crippen molar-refractivity contribution < 1.29 is 21.9 Å². The van der Waals surface area contributed by atoms with Crippen LogP contribution in [0.1, 0.15) is 24.8 Å². The number of pyridine rings is 1. The van der Waals surface area contributed by atoms with E-state index in [1.807, 2.05) is 0 Å². The van der Waals surface area contributed by atoms with Crippen LogP contribution in [-0.4, -0.2) is 29.2 Å². The molecule has 0 unspecified atom stereocenters. The Balaban J connectivity index is 1.81. The molecule has 0 radical (unpaired) electrons. The van der Waals surface area contributed by atoms with E-state index in [4.69, 9.17) is 4.74 Å². The SMILES string of the molecule is Cc1cc(-c2nc(NS(C)(=O)=O)ncc2Oc2ccc(F)cc2F)cn(CC2CCC2)c1=O. The molecule has 1 aliphatic carbocycles. The summed E-state index contributed by atoms with van der Waals surface area (Å²) in [7, 11) is -3.67. The van der Waals surface area contributed by atoms with E-state index in [-0.39, 0.29) is 28.7 Å². The maximum Gasteiger partial charge on any atom is 0.253 e. The third-order valence-corrected chi connectivity index (χ3v) is 5.92. The van der Waals surface area contributed by atoms with E-state index >= 15 is 0 Å². The third-order valence-electron chi connectivity index (χ3n) is 5.36. The van der Waals surface area contributed by atoms with E-state index < -0.39 is 21.7 Å². The van der Waals surface area contributed by atoms with Gasteiger partial charge < -0.3 is 9.30 Å². The highest BCUT2D eigenvalue weighted by molar-refractivity contribution is 7.91. The highest BCUT2D eigenvalue weighted by atomic mass is 32.2. The van der Waals surface area contributed by atoms with Crippen LogP contribution in [-0.2, 0) is 16.6 Å². The molecule has 0 aliphatic heterocycles. The van der Waals surface area contributed by atoms with Crippen molar-refractivity contribution >= 4 is 16.0 Å². The Kier molecular flexibility index (Phi) is 6.15. The van der Waals surface area contributed by atoms with Crippen molar-refractivity contribution in [2.45, 2.75) is 32.7 Å². The number of nitrogens with one attached hydrogen (secondary N) is 1. The van der Waals surface area contributed by atoms with Crippen LogP contribution < -0.4 is 15.0 Å². The Labute approximate surface area is 189 Å². The van der Waals surface area contributed by atoms with Gasteiger partial charge in [-0.05, 0) is 43.9 Å². The minimum Gasteiger partial charge on any atom is -0.450 e. The van der Waals surface area contributed by atoms with Crippen LogP contribution in [0.4, 0.5) is 14.7 Å². The number of aromatic nitrogens is 3. The first-order valence-electron chi connectivity index (χ1n) is 10.3. The molecule has 174 valence electrons. The van der Waals surface area contributed by atoms with Crippen LogP contribution in [0.5, 0.6) is 11.5 Å². The summed E-state index contributed by atoms with van der Waals surface area (Å²) in [5.74, 6) is -1.74. The molecule has 1 aliphatic rings. The lowest BCUT2D eigenvalue weighted by atomic mass is 9.85. The molecule has 3 aromatic rings. The molecule has 1 saturated carbocycles. The second kappa shape index (κ2) is 8.89. The van der Waals surface area contributed by atoms with Gasteiger partial charge in [0.15, 0.2) is 17.3 Å². The van der Waals surface area contributed by atoms with Gasteiger partial charge in [-0.3, -0.25) is 9.52 Å². The van der Waals surface area contributed by atoms with Gasteiger partial charge in [0.2, 0.25) is 16.0 Å². The molecule has 0 bridgehead atoms. The second-order valence-corrected chi connectivity index (χ2v) is 9.87. The highest BCUT2D eigenvalue weighted by Crippen LogP contribution is 2.34. The van der Waals surface area contributed by atoms with Crippen LogP contribution in [0.15, 0.2) is 41.5 Å². The fourth-order valence-corrected chi connectivity index (χ4v) is 3.98. The number of anilines is 1. The normalized spacial score (nSPS) is 14.1. The Morgan fingerprint density at radius 1 is 1.21 bits per heavy atom. The molecule has 0 atom stereocenters. The highest BCUT2D eigenvalue weighted by Gasteiger charge is 2.21. The quantitative estimate of drug-likeness (QED) is 0.556. The lowest BCUT2D eigenvalue weighted by Crippen LogP contribution is -2.28. The Morgan fingerprint density at radius 2 is 1.97 bits per heavy atom. The van der Waals surface area contributed by atoms with Crippen LogP contribution in [0.3, 0.4) is 0 Å². The topological polar surface area (TPSA) is 103 Å². The Hall–Kier alpha value is -3.34. The van der Waals surface area contributed by atoms with Gasteiger partial charge in [-0.1, -0.05) is 6.42 Å². The summed E-state index contributed by atoms with van der Waals surface area (Å²) in [5, 5.41) is 0. The molecule has 1 aromatic carbocycles. The first-order chi connectivity index (χ1) is 15.6. The molecule has 0 saturated heterocycles. The minimum absolute atomic E-state index is 0.00722. The first-order valence-corrected chi connectivity index (χ1v) is 12.2. The molecular formula is C22H22F2N4O4S. The van der Waals surface area contributed by atoms with Crippen molar-refractivity contribution in [2.75, 3.05) is 11.0 Å².